The van der Waals surface area contributed by atoms with Crippen LogP contribution in [0.25, 0.3) is 0 Å². The zero-order valence-electron chi connectivity index (χ0n) is 12.5. The molecule has 0 spiro atoms. The van der Waals surface area contributed by atoms with E-state index in [9.17, 15) is 9.59 Å². The summed E-state index contributed by atoms with van der Waals surface area (Å²) in [6.07, 6.45) is 4.62. The zero-order chi connectivity index (χ0) is 16.5. The predicted molar refractivity (Wildman–Crippen MR) is 93.1 cm³/mol. The van der Waals surface area contributed by atoms with Crippen LogP contribution in [0.3, 0.4) is 0 Å². The van der Waals surface area contributed by atoms with Gasteiger partial charge in [-0.1, -0.05) is 0 Å². The maximum atomic E-state index is 12.3. The second-order valence-electron chi connectivity index (χ2n) is 5.29. The number of hydrogen-bond acceptors (Lipinski definition) is 6. The van der Waals surface area contributed by atoms with Crippen molar-refractivity contribution in [2.45, 2.75) is 19.3 Å². The second kappa shape index (κ2) is 6.21. The lowest BCUT2D eigenvalue weighted by Crippen LogP contribution is -2.10. The van der Waals surface area contributed by atoms with Gasteiger partial charge in [0.1, 0.15) is 0 Å². The third-order valence-corrected chi connectivity index (χ3v) is 5.70. The molecule has 0 aliphatic heterocycles. The molecule has 122 valence electrons. The van der Waals surface area contributed by atoms with Crippen LogP contribution >= 0.6 is 22.7 Å². The van der Waals surface area contributed by atoms with E-state index in [1.54, 1.807) is 35.6 Å². The van der Waals surface area contributed by atoms with E-state index in [0.29, 0.717) is 15.0 Å². The lowest BCUT2D eigenvalue weighted by molar-refractivity contribution is 0.0995. The summed E-state index contributed by atoms with van der Waals surface area (Å²) < 4.78 is 5.04. The van der Waals surface area contributed by atoms with E-state index in [-0.39, 0.29) is 17.6 Å². The van der Waals surface area contributed by atoms with Crippen LogP contribution in [0.15, 0.2) is 34.9 Å². The summed E-state index contributed by atoms with van der Waals surface area (Å²) in [5.41, 5.74) is 1.10. The number of thiazole rings is 1. The summed E-state index contributed by atoms with van der Waals surface area (Å²) in [6.45, 7) is 0. The Morgan fingerprint density at radius 3 is 2.79 bits per heavy atom. The summed E-state index contributed by atoms with van der Waals surface area (Å²) in [5.74, 6) is -0.331. The number of nitrogens with one attached hydrogen (secondary N) is 2. The summed E-state index contributed by atoms with van der Waals surface area (Å²) in [7, 11) is 0. The fraction of sp³-hybridized carbons (Fsp3) is 0.188. The number of anilines is 2. The van der Waals surface area contributed by atoms with Crippen LogP contribution in [0.1, 0.15) is 37.2 Å². The number of nitrogens with zero attached hydrogens (tertiary/aromatic N) is 1. The first-order chi connectivity index (χ1) is 11.7. The Kier molecular flexibility index (Phi) is 3.91. The standard InChI is InChI=1S/C16H13N3O3S2/c20-14(10-4-2-8-22-10)18-13-7-6-12(23-13)15(21)19-16-17-9-3-1-5-11(9)24-16/h2,4,6-8H,1,3,5H2,(H,18,20)(H,17,19,21). The van der Waals surface area contributed by atoms with Gasteiger partial charge in [-0.2, -0.15) is 0 Å². The molecule has 0 bridgehead atoms. The van der Waals surface area contributed by atoms with Crippen LogP contribution in [0.5, 0.6) is 0 Å². The quantitative estimate of drug-likeness (QED) is 0.742. The van der Waals surface area contributed by atoms with Crippen molar-refractivity contribution in [3.63, 3.8) is 0 Å². The Hall–Kier alpha value is -2.45. The first-order valence-corrected chi connectivity index (χ1v) is 9.07. The van der Waals surface area contributed by atoms with Crippen molar-refractivity contribution in [3.8, 4) is 0 Å². The molecule has 0 saturated carbocycles. The Balaban J connectivity index is 1.42. The van der Waals surface area contributed by atoms with Crippen molar-refractivity contribution >= 4 is 44.6 Å². The highest BCUT2D eigenvalue weighted by atomic mass is 32.1. The number of amides is 2. The lowest BCUT2D eigenvalue weighted by Gasteiger charge is -1.99. The van der Waals surface area contributed by atoms with E-state index in [4.69, 9.17) is 4.42 Å². The number of rotatable bonds is 4. The van der Waals surface area contributed by atoms with Crippen LogP contribution in [0.4, 0.5) is 10.1 Å². The topological polar surface area (TPSA) is 84.2 Å². The van der Waals surface area contributed by atoms with Gasteiger partial charge in [0.25, 0.3) is 11.8 Å². The summed E-state index contributed by atoms with van der Waals surface area (Å²) in [4.78, 5) is 30.5. The average Bonchev–Trinajstić information content (AvgIpc) is 3.31. The molecule has 0 aromatic carbocycles. The minimum Gasteiger partial charge on any atom is -0.459 e. The van der Waals surface area contributed by atoms with E-state index < -0.39 is 0 Å². The number of thiophene rings is 1. The van der Waals surface area contributed by atoms with Gasteiger partial charge in [0.2, 0.25) is 0 Å². The Morgan fingerprint density at radius 1 is 1.08 bits per heavy atom. The molecule has 0 radical (unpaired) electrons. The minimum atomic E-state index is -0.342. The lowest BCUT2D eigenvalue weighted by atomic mass is 10.4. The molecular formula is C16H13N3O3S2. The van der Waals surface area contributed by atoms with Crippen LogP contribution < -0.4 is 10.6 Å². The molecule has 0 saturated heterocycles. The van der Waals surface area contributed by atoms with Gasteiger partial charge < -0.3 is 9.73 Å². The van der Waals surface area contributed by atoms with Crippen molar-refractivity contribution in [3.05, 3.63) is 51.7 Å². The Morgan fingerprint density at radius 2 is 2.00 bits per heavy atom. The molecule has 1 aliphatic carbocycles. The maximum absolute atomic E-state index is 12.3. The van der Waals surface area contributed by atoms with E-state index in [1.165, 1.54) is 22.5 Å². The highest BCUT2D eigenvalue weighted by Gasteiger charge is 2.19. The molecule has 1 aliphatic rings. The highest BCUT2D eigenvalue weighted by Crippen LogP contribution is 2.31. The second-order valence-corrected chi connectivity index (χ2v) is 7.46. The predicted octanol–water partition coefficient (Wildman–Crippen LogP) is 3.79. The molecule has 0 unspecified atom stereocenters. The van der Waals surface area contributed by atoms with Gasteiger partial charge in [0, 0.05) is 4.88 Å². The van der Waals surface area contributed by atoms with E-state index in [2.05, 4.69) is 15.6 Å². The number of aryl methyl sites for hydroxylation is 2. The molecule has 3 heterocycles. The molecule has 3 aromatic heterocycles. The molecule has 6 nitrogen and oxygen atoms in total. The van der Waals surface area contributed by atoms with Gasteiger partial charge in [-0.25, -0.2) is 4.98 Å². The first kappa shape index (κ1) is 15.1. The number of carbonyl (C=O) groups excluding carboxylic acids is 2. The van der Waals surface area contributed by atoms with Crippen LogP contribution in [-0.4, -0.2) is 16.8 Å². The van der Waals surface area contributed by atoms with Crippen molar-refractivity contribution < 1.29 is 14.0 Å². The average molecular weight is 359 g/mol. The van der Waals surface area contributed by atoms with Crippen LogP contribution in [0.2, 0.25) is 0 Å². The van der Waals surface area contributed by atoms with Crippen molar-refractivity contribution in [1.82, 2.24) is 4.98 Å². The molecule has 2 amide bonds. The van der Waals surface area contributed by atoms with Gasteiger partial charge >= 0.3 is 0 Å². The van der Waals surface area contributed by atoms with Gasteiger partial charge in [0.05, 0.1) is 21.8 Å². The number of aromatic nitrogens is 1. The summed E-state index contributed by atoms with van der Waals surface area (Å²) in [5, 5.41) is 6.76. The molecule has 2 N–H and O–H groups in total. The molecule has 0 fully saturated rings. The SMILES string of the molecule is O=C(Nc1ccc(C(=O)Nc2nc3c(s2)CCC3)s1)c1ccco1. The third-order valence-electron chi connectivity index (χ3n) is 3.63. The van der Waals surface area contributed by atoms with E-state index >= 15 is 0 Å². The number of hydrogen-bond donors (Lipinski definition) is 2. The van der Waals surface area contributed by atoms with Gasteiger partial charge in [-0.3, -0.25) is 14.9 Å². The highest BCUT2D eigenvalue weighted by molar-refractivity contribution is 7.18. The fourth-order valence-corrected chi connectivity index (χ4v) is 4.35. The number of fused-ring (bicyclic) bond motifs is 1. The van der Waals surface area contributed by atoms with Crippen LogP contribution in [-0.2, 0) is 12.8 Å². The molecule has 0 atom stereocenters. The largest absolute Gasteiger partial charge is 0.459 e. The van der Waals surface area contributed by atoms with E-state index in [0.717, 1.165) is 25.0 Å². The molecule has 8 heteroatoms. The first-order valence-electron chi connectivity index (χ1n) is 7.43. The smallest absolute Gasteiger partial charge is 0.291 e. The normalized spacial score (nSPS) is 12.8. The van der Waals surface area contributed by atoms with Crippen molar-refractivity contribution in [2.24, 2.45) is 0 Å². The van der Waals surface area contributed by atoms with E-state index in [1.807, 2.05) is 0 Å². The van der Waals surface area contributed by atoms with Crippen molar-refractivity contribution in [1.29, 1.82) is 0 Å². The molecular weight excluding hydrogens is 346 g/mol. The molecule has 4 rings (SSSR count). The maximum Gasteiger partial charge on any atom is 0.291 e. The summed E-state index contributed by atoms with van der Waals surface area (Å²) in [6, 6.07) is 6.60. The zero-order valence-corrected chi connectivity index (χ0v) is 14.1. The monoisotopic (exact) mass is 359 g/mol. The van der Waals surface area contributed by atoms with Gasteiger partial charge in [-0.15, -0.1) is 22.7 Å². The third kappa shape index (κ3) is 2.98. The summed E-state index contributed by atoms with van der Waals surface area (Å²) >= 11 is 2.75. The van der Waals surface area contributed by atoms with Gasteiger partial charge in [0.15, 0.2) is 10.9 Å². The fourth-order valence-electron chi connectivity index (χ4n) is 2.51. The number of carbonyl (C=O) groups is 2. The minimum absolute atomic E-state index is 0.217. The molecule has 3 aromatic rings. The van der Waals surface area contributed by atoms with Crippen molar-refractivity contribution in [2.75, 3.05) is 10.6 Å². The number of furan rings is 1. The van der Waals surface area contributed by atoms with Gasteiger partial charge in [-0.05, 0) is 43.5 Å². The van der Waals surface area contributed by atoms with Crippen LogP contribution in [0, 0.1) is 0 Å². The Labute approximate surface area is 145 Å². The Bertz CT molecular complexity index is 874. The molecule has 24 heavy (non-hydrogen) atoms.